The van der Waals surface area contributed by atoms with Gasteiger partial charge in [-0.25, -0.2) is 9.59 Å². The van der Waals surface area contributed by atoms with E-state index in [9.17, 15) is 24.5 Å². The summed E-state index contributed by atoms with van der Waals surface area (Å²) in [6.45, 7) is 0.507. The number of cyclic esters (lactones) is 1. The fourth-order valence-corrected chi connectivity index (χ4v) is 3.47. The maximum Gasteiger partial charge on any atom is 0.410 e. The number of carbonyl (C=O) groups is 3. The molecular formula is C15H19N5O7. The van der Waals surface area contributed by atoms with E-state index >= 15 is 0 Å². The van der Waals surface area contributed by atoms with Crippen LogP contribution in [0.4, 0.5) is 10.6 Å². The number of ether oxygens (including phenoxy) is 2. The van der Waals surface area contributed by atoms with Crippen molar-refractivity contribution in [2.75, 3.05) is 26.8 Å². The van der Waals surface area contributed by atoms with E-state index in [2.05, 4.69) is 5.10 Å². The van der Waals surface area contributed by atoms with Crippen molar-refractivity contribution < 1.29 is 28.8 Å². The summed E-state index contributed by atoms with van der Waals surface area (Å²) in [5.74, 6) is -1.40. The number of rotatable bonds is 4. The molecule has 12 heteroatoms. The molecular weight excluding hydrogens is 362 g/mol. The fourth-order valence-electron chi connectivity index (χ4n) is 3.47. The molecule has 2 fully saturated rings. The molecule has 2 amide bonds. The molecule has 2 aliphatic rings. The van der Waals surface area contributed by atoms with Crippen molar-refractivity contribution in [3.05, 3.63) is 21.9 Å². The van der Waals surface area contributed by atoms with Crippen LogP contribution < -0.4 is 0 Å². The Morgan fingerprint density at radius 3 is 2.63 bits per heavy atom. The highest BCUT2D eigenvalue weighted by atomic mass is 16.6. The molecule has 146 valence electrons. The standard InChI is InChI=1S/C15H19N5O7/c1-17-12(20(24)25)10(7-16-17)13(21)18-5-3-9(4-6-18)19-11(14(22)26-2)8-27-15(19)23/h7,9,11H,3-6,8H2,1-2H3. The van der Waals surface area contributed by atoms with Crippen molar-refractivity contribution in [1.82, 2.24) is 19.6 Å². The lowest BCUT2D eigenvalue weighted by atomic mass is 10.0. The quantitative estimate of drug-likeness (QED) is 0.401. The minimum atomic E-state index is -0.797. The van der Waals surface area contributed by atoms with E-state index in [-0.39, 0.29) is 37.1 Å². The van der Waals surface area contributed by atoms with Crippen LogP contribution in [0.3, 0.4) is 0 Å². The van der Waals surface area contributed by atoms with Crippen LogP contribution in [0.25, 0.3) is 0 Å². The van der Waals surface area contributed by atoms with Crippen LogP contribution in [0.1, 0.15) is 23.2 Å². The SMILES string of the molecule is COC(=O)C1COC(=O)N1C1CCN(C(=O)c2cnn(C)c2[N+](=O)[O-])CC1. The van der Waals surface area contributed by atoms with Gasteiger partial charge in [0, 0.05) is 19.1 Å². The highest BCUT2D eigenvalue weighted by Crippen LogP contribution is 2.26. The highest BCUT2D eigenvalue weighted by molar-refractivity contribution is 5.97. The Kier molecular flexibility index (Phi) is 4.97. The van der Waals surface area contributed by atoms with Gasteiger partial charge < -0.3 is 24.5 Å². The molecule has 1 aromatic heterocycles. The number of nitro groups is 1. The predicted molar refractivity (Wildman–Crippen MR) is 87.8 cm³/mol. The summed E-state index contributed by atoms with van der Waals surface area (Å²) in [6, 6.07) is -1.08. The number of aryl methyl sites for hydroxylation is 1. The van der Waals surface area contributed by atoms with Crippen molar-refractivity contribution in [3.63, 3.8) is 0 Å². The van der Waals surface area contributed by atoms with Crippen LogP contribution in [-0.2, 0) is 21.3 Å². The molecule has 0 spiro atoms. The molecule has 0 bridgehead atoms. The van der Waals surface area contributed by atoms with Gasteiger partial charge in [0.1, 0.15) is 13.7 Å². The first-order valence-corrected chi connectivity index (χ1v) is 8.33. The van der Waals surface area contributed by atoms with Crippen molar-refractivity contribution in [1.29, 1.82) is 0 Å². The Labute approximate surface area is 153 Å². The van der Waals surface area contributed by atoms with Gasteiger partial charge in [-0.2, -0.15) is 0 Å². The van der Waals surface area contributed by atoms with Crippen molar-refractivity contribution in [2.24, 2.45) is 7.05 Å². The van der Waals surface area contributed by atoms with E-state index < -0.39 is 28.9 Å². The topological polar surface area (TPSA) is 137 Å². The Morgan fingerprint density at radius 2 is 2.04 bits per heavy atom. The van der Waals surface area contributed by atoms with E-state index in [1.165, 1.54) is 30.2 Å². The molecule has 0 saturated carbocycles. The van der Waals surface area contributed by atoms with Crippen LogP contribution in [0.15, 0.2) is 6.20 Å². The number of methoxy groups -OCH3 is 1. The normalized spacial score (nSPS) is 20.5. The van der Waals surface area contributed by atoms with E-state index in [0.29, 0.717) is 12.8 Å². The monoisotopic (exact) mass is 381 g/mol. The summed E-state index contributed by atoms with van der Waals surface area (Å²) >= 11 is 0. The average Bonchev–Trinajstić information content (AvgIpc) is 3.23. The van der Waals surface area contributed by atoms with Gasteiger partial charge in [-0.15, -0.1) is 4.68 Å². The van der Waals surface area contributed by atoms with Crippen LogP contribution in [0.5, 0.6) is 0 Å². The summed E-state index contributed by atoms with van der Waals surface area (Å²) in [5.41, 5.74) is -0.0750. The number of piperidine rings is 1. The maximum atomic E-state index is 12.6. The summed E-state index contributed by atoms with van der Waals surface area (Å²) in [7, 11) is 2.64. The first-order valence-electron chi connectivity index (χ1n) is 8.33. The van der Waals surface area contributed by atoms with E-state index in [1.54, 1.807) is 0 Å². The zero-order valence-corrected chi connectivity index (χ0v) is 14.9. The molecule has 2 saturated heterocycles. The van der Waals surface area contributed by atoms with Crippen molar-refractivity contribution in [3.8, 4) is 0 Å². The van der Waals surface area contributed by atoms with E-state index in [0.717, 1.165) is 4.68 Å². The summed E-state index contributed by atoms with van der Waals surface area (Å²) in [6.07, 6.45) is 1.43. The molecule has 2 aliphatic heterocycles. The summed E-state index contributed by atoms with van der Waals surface area (Å²) in [5, 5.41) is 14.9. The molecule has 3 heterocycles. The van der Waals surface area contributed by atoms with Gasteiger partial charge in [0.05, 0.1) is 13.3 Å². The average molecular weight is 381 g/mol. The van der Waals surface area contributed by atoms with Crippen molar-refractivity contribution >= 4 is 23.8 Å². The Bertz CT molecular complexity index is 784. The second kappa shape index (κ2) is 7.21. The van der Waals surface area contributed by atoms with Gasteiger partial charge in [0.25, 0.3) is 5.91 Å². The number of carbonyl (C=O) groups excluding carboxylic acids is 3. The predicted octanol–water partition coefficient (Wildman–Crippen LogP) is -0.0733. The second-order valence-corrected chi connectivity index (χ2v) is 6.31. The third kappa shape index (κ3) is 3.29. The third-order valence-corrected chi connectivity index (χ3v) is 4.84. The molecule has 27 heavy (non-hydrogen) atoms. The fraction of sp³-hybridized carbons (Fsp3) is 0.600. The van der Waals surface area contributed by atoms with Crippen LogP contribution in [-0.4, -0.2) is 81.4 Å². The number of amides is 2. The Hall–Kier alpha value is -3.18. The third-order valence-electron chi connectivity index (χ3n) is 4.84. The van der Waals surface area contributed by atoms with Gasteiger partial charge in [0.15, 0.2) is 11.6 Å². The van der Waals surface area contributed by atoms with Gasteiger partial charge in [-0.3, -0.25) is 9.69 Å². The van der Waals surface area contributed by atoms with Gasteiger partial charge >= 0.3 is 17.9 Å². The molecule has 1 atom stereocenters. The number of aromatic nitrogens is 2. The van der Waals surface area contributed by atoms with Gasteiger partial charge in [-0.05, 0) is 17.8 Å². The first-order chi connectivity index (χ1) is 12.8. The Morgan fingerprint density at radius 1 is 1.37 bits per heavy atom. The largest absolute Gasteiger partial charge is 0.467 e. The lowest BCUT2D eigenvalue weighted by molar-refractivity contribution is -0.392. The molecule has 0 N–H and O–H groups in total. The molecule has 1 aromatic rings. The highest BCUT2D eigenvalue weighted by Gasteiger charge is 2.44. The number of hydrogen-bond donors (Lipinski definition) is 0. The number of hydrogen-bond acceptors (Lipinski definition) is 8. The van der Waals surface area contributed by atoms with E-state index in [1.807, 2.05) is 0 Å². The van der Waals surface area contributed by atoms with Gasteiger partial charge in [0.2, 0.25) is 0 Å². The molecule has 12 nitrogen and oxygen atoms in total. The smallest absolute Gasteiger partial charge is 0.410 e. The van der Waals surface area contributed by atoms with Crippen molar-refractivity contribution in [2.45, 2.75) is 24.9 Å². The maximum absolute atomic E-state index is 12.6. The molecule has 0 aliphatic carbocycles. The lowest BCUT2D eigenvalue weighted by Crippen LogP contribution is -2.52. The zero-order chi connectivity index (χ0) is 19.7. The molecule has 1 unspecified atom stereocenters. The van der Waals surface area contributed by atoms with E-state index in [4.69, 9.17) is 9.47 Å². The second-order valence-electron chi connectivity index (χ2n) is 6.31. The van der Waals surface area contributed by atoms with Crippen LogP contribution in [0, 0.1) is 10.1 Å². The zero-order valence-electron chi connectivity index (χ0n) is 14.9. The van der Waals surface area contributed by atoms with Gasteiger partial charge in [-0.1, -0.05) is 5.10 Å². The lowest BCUT2D eigenvalue weighted by Gasteiger charge is -2.36. The summed E-state index contributed by atoms with van der Waals surface area (Å²) < 4.78 is 10.7. The summed E-state index contributed by atoms with van der Waals surface area (Å²) in [4.78, 5) is 49.8. The molecule has 3 rings (SSSR count). The van der Waals surface area contributed by atoms with Crippen LogP contribution >= 0.6 is 0 Å². The molecule has 0 aromatic carbocycles. The first kappa shape index (κ1) is 18.6. The minimum Gasteiger partial charge on any atom is -0.467 e. The Balaban J connectivity index is 1.68. The number of esters is 1. The van der Waals surface area contributed by atoms with Crippen LogP contribution in [0.2, 0.25) is 0 Å². The number of nitrogens with zero attached hydrogens (tertiary/aromatic N) is 5. The molecule has 0 radical (unpaired) electrons. The minimum absolute atomic E-state index is 0.0630. The number of likely N-dealkylation sites (tertiary alicyclic amines) is 1.